The molecule has 0 saturated heterocycles. The van der Waals surface area contributed by atoms with E-state index in [1.54, 1.807) is 0 Å². The fourth-order valence-electron chi connectivity index (χ4n) is 0.954. The summed E-state index contributed by atoms with van der Waals surface area (Å²) in [5, 5.41) is 9.67. The molecule has 94 valence electrons. The molecule has 0 spiro atoms. The van der Waals surface area contributed by atoms with E-state index in [4.69, 9.17) is 10.7 Å². The highest BCUT2D eigenvalue weighted by Gasteiger charge is 2.29. The number of nitrogens with zero attached hydrogens (tertiary/aromatic N) is 2. The number of alkyl halides is 2. The summed E-state index contributed by atoms with van der Waals surface area (Å²) in [5.41, 5.74) is -2.18. The van der Waals surface area contributed by atoms with E-state index in [9.17, 15) is 27.3 Å². The van der Waals surface area contributed by atoms with Gasteiger partial charge in [-0.1, -0.05) is 0 Å². The molecule has 1 aromatic heterocycles. The predicted octanol–water partition coefficient (Wildman–Crippen LogP) is 2.46. The molecule has 0 saturated carbocycles. The molecule has 1 rings (SSSR count). The zero-order valence-corrected chi connectivity index (χ0v) is 11.3. The van der Waals surface area contributed by atoms with Crippen LogP contribution in [0.4, 0.5) is 14.5 Å². The minimum Gasteiger partial charge on any atom is -0.258 e. The molecule has 1 heterocycles. The van der Waals surface area contributed by atoms with Crippen molar-refractivity contribution >= 4 is 48.0 Å². The van der Waals surface area contributed by atoms with Crippen LogP contribution in [-0.2, 0) is 9.05 Å². The van der Waals surface area contributed by atoms with Gasteiger partial charge in [0, 0.05) is 16.7 Å². The Morgan fingerprint density at radius 2 is 2.06 bits per heavy atom. The molecule has 0 aromatic carbocycles. The fourth-order valence-corrected chi connectivity index (χ4v) is 3.48. The van der Waals surface area contributed by atoms with Crippen molar-refractivity contribution in [2.45, 2.75) is 11.5 Å². The topological polar surface area (TPSA) is 90.2 Å². The number of aromatic nitrogens is 1. The van der Waals surface area contributed by atoms with Gasteiger partial charge < -0.3 is 0 Å². The molecule has 0 aliphatic carbocycles. The lowest BCUT2D eigenvalue weighted by molar-refractivity contribution is -0.386. The van der Waals surface area contributed by atoms with Crippen LogP contribution in [0.1, 0.15) is 12.1 Å². The maximum Gasteiger partial charge on any atom is 0.297 e. The average molecular weight is 399 g/mol. The van der Waals surface area contributed by atoms with Crippen molar-refractivity contribution in [2.24, 2.45) is 0 Å². The van der Waals surface area contributed by atoms with E-state index in [-0.39, 0.29) is 3.57 Å². The highest BCUT2D eigenvalue weighted by atomic mass is 127. The molecule has 0 aliphatic rings. The lowest BCUT2D eigenvalue weighted by Crippen LogP contribution is -2.06. The molecule has 0 atom stereocenters. The van der Waals surface area contributed by atoms with Crippen molar-refractivity contribution in [2.75, 3.05) is 0 Å². The van der Waals surface area contributed by atoms with Gasteiger partial charge in [-0.25, -0.2) is 22.2 Å². The number of pyridine rings is 1. The quantitative estimate of drug-likeness (QED) is 0.338. The van der Waals surface area contributed by atoms with Gasteiger partial charge in [-0.2, -0.15) is 0 Å². The van der Waals surface area contributed by atoms with Crippen molar-refractivity contribution in [1.29, 1.82) is 0 Å². The molecule has 0 fully saturated rings. The zero-order chi connectivity index (χ0) is 13.4. The van der Waals surface area contributed by atoms with E-state index in [1.807, 2.05) is 0 Å². The molecular formula is C6H2ClF2IN2O4S. The SMILES string of the molecule is O=[N+]([O-])c1cc(I)c(S(=O)(=O)Cl)nc1C(F)F. The first-order valence-electron chi connectivity index (χ1n) is 3.72. The highest BCUT2D eigenvalue weighted by Crippen LogP contribution is 2.32. The molecule has 0 aliphatic heterocycles. The van der Waals surface area contributed by atoms with E-state index in [0.29, 0.717) is 6.07 Å². The van der Waals surface area contributed by atoms with Gasteiger partial charge in [0.15, 0.2) is 10.7 Å². The van der Waals surface area contributed by atoms with Crippen LogP contribution in [-0.4, -0.2) is 18.3 Å². The lowest BCUT2D eigenvalue weighted by Gasteiger charge is -2.04. The van der Waals surface area contributed by atoms with Gasteiger partial charge in [0.1, 0.15) is 0 Å². The summed E-state index contributed by atoms with van der Waals surface area (Å²) in [5.74, 6) is 0. The average Bonchev–Trinajstić information content (AvgIpc) is 2.14. The Kier molecular flexibility index (Phi) is 4.19. The molecule has 0 bridgehead atoms. The van der Waals surface area contributed by atoms with Crippen LogP contribution in [0.25, 0.3) is 0 Å². The molecule has 0 unspecified atom stereocenters. The monoisotopic (exact) mass is 398 g/mol. The summed E-state index contributed by atoms with van der Waals surface area (Å²) in [6, 6.07) is 0.685. The van der Waals surface area contributed by atoms with Crippen LogP contribution >= 0.6 is 33.3 Å². The minimum absolute atomic E-state index is 0.200. The van der Waals surface area contributed by atoms with Crippen molar-refractivity contribution < 1.29 is 22.1 Å². The fraction of sp³-hybridized carbons (Fsp3) is 0.167. The molecule has 11 heteroatoms. The standard InChI is InChI=1S/C6H2ClF2IN2O4S/c7-17(15,16)6-2(10)1-3(12(13)14)4(11-6)5(8)9/h1,5H. The lowest BCUT2D eigenvalue weighted by atomic mass is 10.3. The molecule has 6 nitrogen and oxygen atoms in total. The smallest absolute Gasteiger partial charge is 0.258 e. The molecule has 0 N–H and O–H groups in total. The Bertz CT molecular complexity index is 580. The minimum atomic E-state index is -4.33. The second-order valence-electron chi connectivity index (χ2n) is 2.68. The number of nitro groups is 1. The first-order chi connectivity index (χ1) is 7.64. The summed E-state index contributed by atoms with van der Waals surface area (Å²) < 4.78 is 46.7. The summed E-state index contributed by atoms with van der Waals surface area (Å²) in [6.45, 7) is 0. The normalized spacial score (nSPS) is 11.8. The van der Waals surface area contributed by atoms with E-state index in [0.717, 1.165) is 0 Å². The van der Waals surface area contributed by atoms with Crippen molar-refractivity contribution in [3.8, 4) is 0 Å². The van der Waals surface area contributed by atoms with Gasteiger partial charge in [0.05, 0.1) is 8.49 Å². The summed E-state index contributed by atoms with van der Waals surface area (Å²) >= 11 is 1.41. The molecule has 0 amide bonds. The Balaban J connectivity index is 3.63. The maximum atomic E-state index is 12.5. The molecular weight excluding hydrogens is 396 g/mol. The maximum absolute atomic E-state index is 12.5. The van der Waals surface area contributed by atoms with Gasteiger partial charge in [0.2, 0.25) is 0 Å². The van der Waals surface area contributed by atoms with Crippen LogP contribution in [0.15, 0.2) is 11.1 Å². The Hall–Kier alpha value is -0.620. The van der Waals surface area contributed by atoms with Gasteiger partial charge in [-0.15, -0.1) is 0 Å². The highest BCUT2D eigenvalue weighted by molar-refractivity contribution is 14.1. The van der Waals surface area contributed by atoms with E-state index in [1.165, 1.54) is 22.6 Å². The van der Waals surface area contributed by atoms with Crippen molar-refractivity contribution in [1.82, 2.24) is 4.98 Å². The second-order valence-corrected chi connectivity index (χ2v) is 6.32. The van der Waals surface area contributed by atoms with E-state index in [2.05, 4.69) is 4.98 Å². The molecule has 0 radical (unpaired) electrons. The van der Waals surface area contributed by atoms with Crippen molar-refractivity contribution in [3.63, 3.8) is 0 Å². The largest absolute Gasteiger partial charge is 0.297 e. The van der Waals surface area contributed by atoms with Crippen LogP contribution in [0, 0.1) is 13.7 Å². The number of hydrogen-bond acceptors (Lipinski definition) is 5. The van der Waals surface area contributed by atoms with Crippen LogP contribution in [0.3, 0.4) is 0 Å². The van der Waals surface area contributed by atoms with E-state index >= 15 is 0 Å². The second kappa shape index (κ2) is 4.94. The third kappa shape index (κ3) is 3.19. The molecule has 1 aromatic rings. The van der Waals surface area contributed by atoms with Gasteiger partial charge in [-0.05, 0) is 22.6 Å². The number of rotatable bonds is 3. The predicted molar refractivity (Wildman–Crippen MR) is 61.6 cm³/mol. The first-order valence-corrected chi connectivity index (χ1v) is 7.11. The molecule has 17 heavy (non-hydrogen) atoms. The van der Waals surface area contributed by atoms with E-state index < -0.39 is 36.8 Å². The number of halogens is 4. The van der Waals surface area contributed by atoms with Crippen LogP contribution < -0.4 is 0 Å². The summed E-state index contributed by atoms with van der Waals surface area (Å²) in [6.07, 6.45) is -3.27. The Morgan fingerprint density at radius 1 is 1.53 bits per heavy atom. The Morgan fingerprint density at radius 3 is 2.41 bits per heavy atom. The van der Waals surface area contributed by atoms with Gasteiger partial charge >= 0.3 is 0 Å². The third-order valence-corrected chi connectivity index (χ3v) is 3.99. The first kappa shape index (κ1) is 14.4. The summed E-state index contributed by atoms with van der Waals surface area (Å²) in [4.78, 5) is 12.5. The number of hydrogen-bond donors (Lipinski definition) is 0. The zero-order valence-electron chi connectivity index (χ0n) is 7.60. The van der Waals surface area contributed by atoms with Crippen molar-refractivity contribution in [3.05, 3.63) is 25.4 Å². The van der Waals surface area contributed by atoms with Crippen LogP contribution in [0.5, 0.6) is 0 Å². The third-order valence-electron chi connectivity index (χ3n) is 1.59. The Labute approximate surface area is 112 Å². The summed E-state index contributed by atoms with van der Waals surface area (Å²) in [7, 11) is 0.628. The van der Waals surface area contributed by atoms with Gasteiger partial charge in [0.25, 0.3) is 21.2 Å². The van der Waals surface area contributed by atoms with Crippen LogP contribution in [0.2, 0.25) is 0 Å². The van der Waals surface area contributed by atoms with Gasteiger partial charge in [-0.3, -0.25) is 10.1 Å².